The number of rotatable bonds is 10. The van der Waals surface area contributed by atoms with Crippen molar-refractivity contribution in [2.75, 3.05) is 30.7 Å². The van der Waals surface area contributed by atoms with Crippen LogP contribution in [0.15, 0.2) is 90.1 Å². The summed E-state index contributed by atoms with van der Waals surface area (Å²) in [5.74, 6) is -3.08. The largest absolute Gasteiger partial charge is 0.399 e. The van der Waals surface area contributed by atoms with Crippen molar-refractivity contribution in [3.05, 3.63) is 119 Å². The zero-order valence-electron chi connectivity index (χ0n) is 24.2. The van der Waals surface area contributed by atoms with E-state index in [2.05, 4.69) is 15.6 Å². The summed E-state index contributed by atoms with van der Waals surface area (Å²) in [5, 5.41) is 5.88. The first kappa shape index (κ1) is 32.1. The summed E-state index contributed by atoms with van der Waals surface area (Å²) in [6.45, 7) is 1.03. The number of nitrogens with one attached hydrogen (secondary N) is 2. The number of anilines is 2. The number of amides is 1. The molecule has 0 aliphatic carbocycles. The van der Waals surface area contributed by atoms with Gasteiger partial charge in [-0.05, 0) is 72.5 Å². The Hall–Kier alpha value is -4.30. The Balaban J connectivity index is 1.36. The van der Waals surface area contributed by atoms with E-state index in [1.54, 1.807) is 0 Å². The highest BCUT2D eigenvalue weighted by Gasteiger charge is 2.34. The van der Waals surface area contributed by atoms with E-state index in [0.717, 1.165) is 6.20 Å². The highest BCUT2D eigenvalue weighted by Crippen LogP contribution is 2.30. The van der Waals surface area contributed by atoms with Crippen LogP contribution in [0.25, 0.3) is 0 Å². The highest BCUT2D eigenvalue weighted by molar-refractivity contribution is 7.89. The topological polar surface area (TPSA) is 143 Å². The molecule has 1 amide bonds. The van der Waals surface area contributed by atoms with Crippen LogP contribution in [0.5, 0.6) is 0 Å². The molecule has 1 aliphatic heterocycles. The van der Waals surface area contributed by atoms with Crippen LogP contribution in [0.4, 0.5) is 24.5 Å². The first-order valence-electron chi connectivity index (χ1n) is 14.3. The molecule has 2 atom stereocenters. The molecular weight excluding hydrogens is 605 g/mol. The number of carbonyl (C=O) groups excluding carboxylic acids is 1. The second kappa shape index (κ2) is 13.8. The Morgan fingerprint density at radius 1 is 0.956 bits per heavy atom. The summed E-state index contributed by atoms with van der Waals surface area (Å²) >= 11 is 0. The van der Waals surface area contributed by atoms with Crippen molar-refractivity contribution in [2.24, 2.45) is 5.73 Å². The van der Waals surface area contributed by atoms with Crippen LogP contribution in [0.1, 0.15) is 29.0 Å². The van der Waals surface area contributed by atoms with Gasteiger partial charge in [0, 0.05) is 42.8 Å². The molecule has 236 valence electrons. The van der Waals surface area contributed by atoms with Crippen LogP contribution in [-0.4, -0.2) is 55.3 Å². The minimum Gasteiger partial charge on any atom is -0.399 e. The lowest BCUT2D eigenvalue weighted by Gasteiger charge is -2.35. The van der Waals surface area contributed by atoms with E-state index in [4.69, 9.17) is 11.5 Å². The average molecular weight is 639 g/mol. The van der Waals surface area contributed by atoms with Gasteiger partial charge >= 0.3 is 0 Å². The van der Waals surface area contributed by atoms with Gasteiger partial charge in [-0.3, -0.25) is 9.78 Å². The summed E-state index contributed by atoms with van der Waals surface area (Å²) in [6.07, 6.45) is 2.64. The second-order valence-corrected chi connectivity index (χ2v) is 12.7. The predicted molar refractivity (Wildman–Crippen MR) is 165 cm³/mol. The van der Waals surface area contributed by atoms with Crippen LogP contribution in [0.2, 0.25) is 0 Å². The SMILES string of the molecule is Nc1ccc(S(=O)(=O)N2CCNC[C@@H]2CCc2c(F)cncc2NC(=O)[C@@H](N)C(c2ccc(F)cc2)c2ccc(F)cc2)cc1. The van der Waals surface area contributed by atoms with E-state index >= 15 is 4.39 Å². The van der Waals surface area contributed by atoms with Gasteiger partial charge in [-0.25, -0.2) is 21.6 Å². The Bertz CT molecular complexity index is 1690. The lowest BCUT2D eigenvalue weighted by Crippen LogP contribution is -2.53. The average Bonchev–Trinajstić information content (AvgIpc) is 3.03. The Kier molecular flexibility index (Phi) is 9.83. The first-order chi connectivity index (χ1) is 21.5. The Labute approximate surface area is 259 Å². The van der Waals surface area contributed by atoms with Crippen LogP contribution in [0, 0.1) is 17.5 Å². The van der Waals surface area contributed by atoms with Gasteiger partial charge in [-0.15, -0.1) is 0 Å². The molecule has 0 spiro atoms. The maximum Gasteiger partial charge on any atom is 0.243 e. The fraction of sp³-hybridized carbons (Fsp3) is 0.250. The molecule has 0 radical (unpaired) electrons. The first-order valence-corrected chi connectivity index (χ1v) is 15.8. The van der Waals surface area contributed by atoms with Crippen molar-refractivity contribution in [3.8, 4) is 0 Å². The highest BCUT2D eigenvalue weighted by atomic mass is 32.2. The molecule has 0 bridgehead atoms. The summed E-state index contributed by atoms with van der Waals surface area (Å²) in [7, 11) is -3.85. The van der Waals surface area contributed by atoms with E-state index in [1.165, 1.54) is 83.3 Å². The summed E-state index contributed by atoms with van der Waals surface area (Å²) in [4.78, 5) is 17.5. The fourth-order valence-electron chi connectivity index (χ4n) is 5.53. The van der Waals surface area contributed by atoms with Crippen molar-refractivity contribution in [3.63, 3.8) is 0 Å². The van der Waals surface area contributed by atoms with E-state index < -0.39 is 51.4 Å². The molecule has 4 aromatic rings. The molecule has 9 nitrogen and oxygen atoms in total. The van der Waals surface area contributed by atoms with Crippen LogP contribution in [0.3, 0.4) is 0 Å². The van der Waals surface area contributed by atoms with E-state index in [1.807, 2.05) is 0 Å². The fourth-order valence-corrected chi connectivity index (χ4v) is 7.18. The van der Waals surface area contributed by atoms with E-state index in [0.29, 0.717) is 29.9 Å². The number of aromatic nitrogens is 1. The smallest absolute Gasteiger partial charge is 0.243 e. The minimum absolute atomic E-state index is 0.0820. The number of nitrogens with zero attached hydrogens (tertiary/aromatic N) is 2. The molecule has 6 N–H and O–H groups in total. The van der Waals surface area contributed by atoms with Gasteiger partial charge in [-0.2, -0.15) is 4.31 Å². The number of hydrogen-bond acceptors (Lipinski definition) is 7. The predicted octanol–water partition coefficient (Wildman–Crippen LogP) is 3.77. The van der Waals surface area contributed by atoms with Crippen LogP contribution in [-0.2, 0) is 21.2 Å². The molecule has 13 heteroatoms. The zero-order valence-corrected chi connectivity index (χ0v) is 25.0. The monoisotopic (exact) mass is 638 g/mol. The summed E-state index contributed by atoms with van der Waals surface area (Å²) in [5.41, 5.74) is 13.9. The third-order valence-electron chi connectivity index (χ3n) is 7.89. The molecule has 3 aromatic carbocycles. The van der Waals surface area contributed by atoms with E-state index in [-0.39, 0.29) is 35.5 Å². The maximum atomic E-state index is 15.2. The van der Waals surface area contributed by atoms with Crippen LogP contribution >= 0.6 is 0 Å². The molecule has 2 heterocycles. The number of piperazine rings is 1. The normalized spacial score (nSPS) is 16.4. The van der Waals surface area contributed by atoms with Crippen molar-refractivity contribution in [1.29, 1.82) is 0 Å². The van der Waals surface area contributed by atoms with Gasteiger partial charge in [0.2, 0.25) is 15.9 Å². The molecule has 1 aromatic heterocycles. The van der Waals surface area contributed by atoms with Crippen molar-refractivity contribution in [2.45, 2.75) is 35.7 Å². The lowest BCUT2D eigenvalue weighted by molar-refractivity contribution is -0.117. The summed E-state index contributed by atoms with van der Waals surface area (Å²) < 4.78 is 70.9. The molecule has 1 fully saturated rings. The lowest BCUT2D eigenvalue weighted by atomic mass is 9.85. The van der Waals surface area contributed by atoms with Crippen molar-refractivity contribution < 1.29 is 26.4 Å². The third-order valence-corrected chi connectivity index (χ3v) is 9.86. The third kappa shape index (κ3) is 7.34. The molecule has 5 rings (SSSR count). The molecule has 0 unspecified atom stereocenters. The number of pyridine rings is 1. The van der Waals surface area contributed by atoms with Gasteiger partial charge < -0.3 is 22.1 Å². The quantitative estimate of drug-likeness (QED) is 0.194. The van der Waals surface area contributed by atoms with Gasteiger partial charge in [0.1, 0.15) is 17.5 Å². The molecule has 1 saturated heterocycles. The van der Waals surface area contributed by atoms with Gasteiger partial charge in [0.15, 0.2) is 0 Å². The number of nitrogen functional groups attached to an aromatic ring is 1. The zero-order chi connectivity index (χ0) is 32.1. The van der Waals surface area contributed by atoms with Crippen molar-refractivity contribution >= 4 is 27.3 Å². The van der Waals surface area contributed by atoms with E-state index in [9.17, 15) is 22.0 Å². The maximum absolute atomic E-state index is 15.2. The number of nitrogens with two attached hydrogens (primary N) is 2. The standard InChI is InChI=1S/C32H33F3N6O3S/c33-22-5-1-20(2-6-22)30(21-3-7-23(34)8-4-21)31(37)32(42)40-29-19-39-18-28(35)27(29)14-11-25-17-38-15-16-41(25)45(43,44)26-12-9-24(36)10-13-26/h1-10,12-13,18-19,25,30-31,38H,11,14-17,36-37H2,(H,40,42)/t25-,31-/m0/s1. The van der Waals surface area contributed by atoms with Crippen LogP contribution < -0.4 is 22.1 Å². The minimum atomic E-state index is -3.85. The number of carbonyl (C=O) groups is 1. The Morgan fingerprint density at radius 3 is 2.16 bits per heavy atom. The summed E-state index contributed by atoms with van der Waals surface area (Å²) in [6, 6.07) is 15.1. The molecular formula is C32H33F3N6O3S. The Morgan fingerprint density at radius 2 is 1.56 bits per heavy atom. The second-order valence-electron chi connectivity index (χ2n) is 10.8. The number of benzene rings is 3. The van der Waals surface area contributed by atoms with Crippen molar-refractivity contribution in [1.82, 2.24) is 14.6 Å². The molecule has 45 heavy (non-hydrogen) atoms. The van der Waals surface area contributed by atoms with Gasteiger partial charge in [0.05, 0.1) is 29.0 Å². The number of hydrogen-bond donors (Lipinski definition) is 4. The molecule has 1 aliphatic rings. The molecule has 0 saturated carbocycles. The van der Waals surface area contributed by atoms with Gasteiger partial charge in [0.25, 0.3) is 0 Å². The van der Waals surface area contributed by atoms with Gasteiger partial charge in [-0.1, -0.05) is 24.3 Å². The number of sulfonamides is 1. The number of halogens is 3.